The Labute approximate surface area is 132 Å². The molecule has 0 amide bonds. The Balaban J connectivity index is 2.30. The van der Waals surface area contributed by atoms with E-state index in [1.807, 2.05) is 29.5 Å². The number of carbonyl (C=O) groups is 1. The number of benzene rings is 1. The van der Waals surface area contributed by atoms with Crippen LogP contribution < -0.4 is 0 Å². The summed E-state index contributed by atoms with van der Waals surface area (Å²) in [7, 11) is 0. The van der Waals surface area contributed by atoms with Crippen molar-refractivity contribution < 1.29 is 4.79 Å². The van der Waals surface area contributed by atoms with Crippen molar-refractivity contribution in [3.8, 4) is 11.3 Å². The lowest BCUT2D eigenvalue weighted by Gasteiger charge is -2.04. The first-order valence-electron chi connectivity index (χ1n) is 6.79. The van der Waals surface area contributed by atoms with Crippen molar-refractivity contribution >= 4 is 34.2 Å². The van der Waals surface area contributed by atoms with Gasteiger partial charge in [-0.25, -0.2) is 4.98 Å². The molecule has 3 rings (SSSR count). The molecule has 0 unspecified atom stereocenters. The molecule has 0 atom stereocenters. The summed E-state index contributed by atoms with van der Waals surface area (Å²) in [6, 6.07) is 5.73. The van der Waals surface area contributed by atoms with Crippen LogP contribution in [0.1, 0.15) is 33.5 Å². The normalized spacial score (nSPS) is 11.2. The van der Waals surface area contributed by atoms with E-state index in [9.17, 15) is 4.79 Å². The minimum absolute atomic E-state index is 0.618. The number of rotatable bonds is 3. The molecule has 108 valence electrons. The quantitative estimate of drug-likeness (QED) is 0.655. The van der Waals surface area contributed by atoms with Crippen LogP contribution in [-0.4, -0.2) is 15.7 Å². The summed E-state index contributed by atoms with van der Waals surface area (Å²) >= 11 is 7.70. The van der Waals surface area contributed by atoms with Crippen LogP contribution in [-0.2, 0) is 6.42 Å². The van der Waals surface area contributed by atoms with Crippen LogP contribution in [0.5, 0.6) is 0 Å². The lowest BCUT2D eigenvalue weighted by atomic mass is 10.1. The van der Waals surface area contributed by atoms with Crippen molar-refractivity contribution in [2.75, 3.05) is 0 Å². The standard InChI is InChI=1S/C16H15ClN2OS/c1-4-13-10(3)21-16-18-15(14(8-20)19(13)16)11-5-6-12(17)9(2)7-11/h5-8H,4H2,1-3H3. The fourth-order valence-electron chi connectivity index (χ4n) is 2.61. The summed E-state index contributed by atoms with van der Waals surface area (Å²) < 4.78 is 1.98. The molecule has 0 saturated heterocycles. The summed E-state index contributed by atoms with van der Waals surface area (Å²) in [6.45, 7) is 6.11. The molecule has 0 aliphatic heterocycles. The van der Waals surface area contributed by atoms with E-state index in [0.29, 0.717) is 5.69 Å². The average molecular weight is 319 g/mol. The maximum Gasteiger partial charge on any atom is 0.195 e. The highest BCUT2D eigenvalue weighted by Crippen LogP contribution is 2.31. The zero-order chi connectivity index (χ0) is 15.1. The predicted octanol–water partition coefficient (Wildman–Crippen LogP) is 4.71. The minimum atomic E-state index is 0.618. The van der Waals surface area contributed by atoms with Gasteiger partial charge >= 0.3 is 0 Å². The summed E-state index contributed by atoms with van der Waals surface area (Å²) in [5.41, 5.74) is 4.41. The van der Waals surface area contributed by atoms with Crippen molar-refractivity contribution in [1.29, 1.82) is 0 Å². The lowest BCUT2D eigenvalue weighted by molar-refractivity contribution is 0.111. The summed E-state index contributed by atoms with van der Waals surface area (Å²) in [6.07, 6.45) is 1.77. The van der Waals surface area contributed by atoms with E-state index in [1.165, 1.54) is 4.88 Å². The van der Waals surface area contributed by atoms with E-state index in [2.05, 4.69) is 18.8 Å². The Kier molecular flexibility index (Phi) is 3.59. The van der Waals surface area contributed by atoms with Crippen LogP contribution in [0.2, 0.25) is 5.02 Å². The van der Waals surface area contributed by atoms with Crippen LogP contribution in [0.4, 0.5) is 0 Å². The Hall–Kier alpha value is -1.65. The zero-order valence-electron chi connectivity index (χ0n) is 12.1. The maximum absolute atomic E-state index is 11.6. The number of fused-ring (bicyclic) bond motifs is 1. The van der Waals surface area contributed by atoms with Crippen molar-refractivity contribution in [3.05, 3.63) is 45.1 Å². The third kappa shape index (κ3) is 2.19. The van der Waals surface area contributed by atoms with Gasteiger partial charge in [0, 0.05) is 21.2 Å². The second-order valence-corrected chi connectivity index (χ2v) is 6.59. The number of aromatic nitrogens is 2. The monoisotopic (exact) mass is 318 g/mol. The van der Waals surface area contributed by atoms with E-state index < -0.39 is 0 Å². The van der Waals surface area contributed by atoms with Gasteiger partial charge in [0.1, 0.15) is 11.4 Å². The second kappa shape index (κ2) is 5.28. The van der Waals surface area contributed by atoms with E-state index in [4.69, 9.17) is 11.6 Å². The molecule has 1 aromatic carbocycles. The van der Waals surface area contributed by atoms with Gasteiger partial charge in [-0.3, -0.25) is 9.20 Å². The molecule has 0 radical (unpaired) electrons. The number of nitrogens with zero attached hydrogens (tertiary/aromatic N) is 2. The van der Waals surface area contributed by atoms with E-state index in [-0.39, 0.29) is 0 Å². The molecule has 0 aliphatic rings. The van der Waals surface area contributed by atoms with E-state index in [1.54, 1.807) is 11.3 Å². The molecule has 21 heavy (non-hydrogen) atoms. The first kappa shape index (κ1) is 14.3. The average Bonchev–Trinajstić information content (AvgIpc) is 2.95. The molecular weight excluding hydrogens is 304 g/mol. The second-order valence-electron chi connectivity index (χ2n) is 5.00. The number of carbonyl (C=O) groups excluding carboxylic acids is 1. The van der Waals surface area contributed by atoms with Crippen LogP contribution in [0.25, 0.3) is 16.2 Å². The van der Waals surface area contributed by atoms with Crippen LogP contribution in [0.15, 0.2) is 18.2 Å². The summed E-state index contributed by atoms with van der Waals surface area (Å²) in [4.78, 5) is 18.4. The fraction of sp³-hybridized carbons (Fsp3) is 0.250. The van der Waals surface area contributed by atoms with Crippen molar-refractivity contribution in [2.24, 2.45) is 0 Å². The molecule has 2 aromatic heterocycles. The van der Waals surface area contributed by atoms with Crippen LogP contribution >= 0.6 is 22.9 Å². The Morgan fingerprint density at radius 1 is 1.38 bits per heavy atom. The molecule has 0 spiro atoms. The molecule has 3 aromatic rings. The number of hydrogen-bond acceptors (Lipinski definition) is 3. The van der Waals surface area contributed by atoms with Crippen molar-refractivity contribution in [2.45, 2.75) is 27.2 Å². The topological polar surface area (TPSA) is 34.4 Å². The number of aldehydes is 1. The van der Waals surface area contributed by atoms with Gasteiger partial charge in [0.2, 0.25) is 0 Å². The number of aryl methyl sites for hydroxylation is 3. The predicted molar refractivity (Wildman–Crippen MR) is 87.8 cm³/mol. The molecule has 2 heterocycles. The molecule has 5 heteroatoms. The largest absolute Gasteiger partial charge is 0.296 e. The van der Waals surface area contributed by atoms with Gasteiger partial charge in [-0.05, 0) is 38.0 Å². The third-order valence-electron chi connectivity index (χ3n) is 3.68. The number of thiazole rings is 1. The minimum Gasteiger partial charge on any atom is -0.296 e. The lowest BCUT2D eigenvalue weighted by Crippen LogP contribution is -1.97. The number of hydrogen-bond donors (Lipinski definition) is 0. The fourth-order valence-corrected chi connectivity index (χ4v) is 3.80. The maximum atomic E-state index is 11.6. The highest BCUT2D eigenvalue weighted by Gasteiger charge is 2.19. The molecule has 0 fully saturated rings. The van der Waals surface area contributed by atoms with Crippen LogP contribution in [0, 0.1) is 13.8 Å². The van der Waals surface area contributed by atoms with Crippen molar-refractivity contribution in [1.82, 2.24) is 9.38 Å². The Bertz CT molecular complexity index is 848. The number of halogens is 1. The van der Waals surface area contributed by atoms with Gasteiger partial charge < -0.3 is 0 Å². The molecule has 0 saturated carbocycles. The molecule has 0 bridgehead atoms. The van der Waals surface area contributed by atoms with E-state index >= 15 is 0 Å². The highest BCUT2D eigenvalue weighted by atomic mass is 35.5. The zero-order valence-corrected chi connectivity index (χ0v) is 13.7. The highest BCUT2D eigenvalue weighted by molar-refractivity contribution is 7.17. The van der Waals surface area contributed by atoms with Gasteiger partial charge in [-0.15, -0.1) is 11.3 Å². The van der Waals surface area contributed by atoms with Gasteiger partial charge in [0.15, 0.2) is 11.2 Å². The van der Waals surface area contributed by atoms with Gasteiger partial charge in [-0.2, -0.15) is 0 Å². The molecule has 0 N–H and O–H groups in total. The summed E-state index contributed by atoms with van der Waals surface area (Å²) in [5, 5.41) is 0.720. The van der Waals surface area contributed by atoms with Gasteiger partial charge in [-0.1, -0.05) is 24.6 Å². The summed E-state index contributed by atoms with van der Waals surface area (Å²) in [5.74, 6) is 0. The van der Waals surface area contributed by atoms with Crippen LogP contribution in [0.3, 0.4) is 0 Å². The Morgan fingerprint density at radius 2 is 2.14 bits per heavy atom. The third-order valence-corrected chi connectivity index (χ3v) is 5.10. The molecular formula is C16H15ClN2OS. The molecule has 0 aliphatic carbocycles. The SMILES string of the molecule is CCc1c(C)sc2nc(-c3ccc(Cl)c(C)c3)c(C=O)n12. The smallest absolute Gasteiger partial charge is 0.195 e. The first-order valence-corrected chi connectivity index (χ1v) is 7.98. The Morgan fingerprint density at radius 3 is 2.76 bits per heavy atom. The first-order chi connectivity index (χ1) is 10.1. The van der Waals surface area contributed by atoms with E-state index in [0.717, 1.165) is 45.2 Å². The van der Waals surface area contributed by atoms with Crippen molar-refractivity contribution in [3.63, 3.8) is 0 Å². The number of imidazole rings is 1. The molecule has 3 nitrogen and oxygen atoms in total. The van der Waals surface area contributed by atoms with Gasteiger partial charge in [0.05, 0.1) is 0 Å². The van der Waals surface area contributed by atoms with Gasteiger partial charge in [0.25, 0.3) is 0 Å².